The van der Waals surface area contributed by atoms with Gasteiger partial charge in [0.15, 0.2) is 0 Å². The quantitative estimate of drug-likeness (QED) is 0.908. The molecule has 0 aromatic carbocycles. The summed E-state index contributed by atoms with van der Waals surface area (Å²) in [5.74, 6) is 0.688. The van der Waals surface area contributed by atoms with E-state index >= 15 is 0 Å². The van der Waals surface area contributed by atoms with Gasteiger partial charge in [-0.1, -0.05) is 20.8 Å². The summed E-state index contributed by atoms with van der Waals surface area (Å²) in [7, 11) is 0. The normalized spacial score (nSPS) is 25.8. The molecule has 3 heteroatoms. The molecule has 0 spiro atoms. The van der Waals surface area contributed by atoms with Gasteiger partial charge in [0.1, 0.15) is 0 Å². The lowest BCUT2D eigenvalue weighted by atomic mass is 9.70. The molecule has 19 heavy (non-hydrogen) atoms. The molecule has 0 bridgehead atoms. The molecule has 1 saturated carbocycles. The Morgan fingerprint density at radius 1 is 1.42 bits per heavy atom. The Labute approximate surface area is 115 Å². The fourth-order valence-electron chi connectivity index (χ4n) is 3.10. The maximum absolute atomic E-state index is 12.1. The Balaban J connectivity index is 1.86. The molecule has 2 rings (SSSR count). The Morgan fingerprint density at radius 3 is 2.74 bits per heavy atom. The van der Waals surface area contributed by atoms with Gasteiger partial charge < -0.3 is 5.32 Å². The van der Waals surface area contributed by atoms with Gasteiger partial charge in [-0.3, -0.25) is 9.78 Å². The van der Waals surface area contributed by atoms with Crippen LogP contribution < -0.4 is 5.32 Å². The summed E-state index contributed by atoms with van der Waals surface area (Å²) in [5.41, 5.74) is 1.45. The van der Waals surface area contributed by atoms with E-state index in [-0.39, 0.29) is 5.91 Å². The molecule has 0 aliphatic heterocycles. The first-order chi connectivity index (χ1) is 8.96. The first-order valence-electron chi connectivity index (χ1n) is 7.14. The number of rotatable bonds is 3. The third kappa shape index (κ3) is 4.05. The van der Waals surface area contributed by atoms with Crippen molar-refractivity contribution in [2.75, 3.05) is 0 Å². The number of nitrogens with zero attached hydrogens (tertiary/aromatic N) is 1. The van der Waals surface area contributed by atoms with Gasteiger partial charge in [0.25, 0.3) is 0 Å². The number of hydrogen-bond donors (Lipinski definition) is 1. The zero-order valence-electron chi connectivity index (χ0n) is 12.1. The molecule has 2 unspecified atom stereocenters. The Bertz CT molecular complexity index is 428. The summed E-state index contributed by atoms with van der Waals surface area (Å²) in [5, 5.41) is 3.20. The minimum atomic E-state index is 0.128. The van der Waals surface area contributed by atoms with Gasteiger partial charge in [-0.2, -0.15) is 0 Å². The van der Waals surface area contributed by atoms with Crippen LogP contribution in [0.1, 0.15) is 45.6 Å². The highest BCUT2D eigenvalue weighted by Gasteiger charge is 2.32. The summed E-state index contributed by atoms with van der Waals surface area (Å²) in [6.07, 6.45) is 7.39. The fourth-order valence-corrected chi connectivity index (χ4v) is 3.10. The molecule has 0 saturated heterocycles. The summed E-state index contributed by atoms with van der Waals surface area (Å²) in [6.45, 7) is 6.88. The zero-order valence-corrected chi connectivity index (χ0v) is 12.1. The molecule has 3 nitrogen and oxygen atoms in total. The lowest BCUT2D eigenvalue weighted by molar-refractivity contribution is -0.122. The molecular weight excluding hydrogens is 236 g/mol. The van der Waals surface area contributed by atoms with Crippen LogP contribution in [0.2, 0.25) is 0 Å². The third-order valence-electron chi connectivity index (χ3n) is 4.15. The molecule has 1 heterocycles. The van der Waals surface area contributed by atoms with E-state index in [1.54, 1.807) is 12.4 Å². The van der Waals surface area contributed by atoms with Crippen molar-refractivity contribution in [2.24, 2.45) is 11.3 Å². The molecule has 1 aromatic rings. The van der Waals surface area contributed by atoms with Crippen LogP contribution in [0.3, 0.4) is 0 Å². The van der Waals surface area contributed by atoms with Crippen LogP contribution in [-0.4, -0.2) is 16.9 Å². The van der Waals surface area contributed by atoms with Crippen molar-refractivity contribution < 1.29 is 4.79 Å². The monoisotopic (exact) mass is 260 g/mol. The van der Waals surface area contributed by atoms with Crippen LogP contribution in [0.15, 0.2) is 24.5 Å². The Morgan fingerprint density at radius 2 is 2.11 bits per heavy atom. The van der Waals surface area contributed by atoms with Crippen molar-refractivity contribution in [3.05, 3.63) is 30.1 Å². The van der Waals surface area contributed by atoms with Gasteiger partial charge in [-0.25, -0.2) is 0 Å². The fraction of sp³-hybridized carbons (Fsp3) is 0.625. The highest BCUT2D eigenvalue weighted by molar-refractivity contribution is 5.78. The first-order valence-corrected chi connectivity index (χ1v) is 7.14. The second kappa shape index (κ2) is 5.72. The highest BCUT2D eigenvalue weighted by Crippen LogP contribution is 2.38. The Hall–Kier alpha value is -1.38. The number of amides is 1. The van der Waals surface area contributed by atoms with Crippen molar-refractivity contribution in [3.8, 4) is 0 Å². The van der Waals surface area contributed by atoms with Crippen molar-refractivity contribution in [1.29, 1.82) is 0 Å². The van der Waals surface area contributed by atoms with E-state index in [1.807, 2.05) is 12.1 Å². The SMILES string of the molecule is CC1CC(C)(C)CCC1NC(=O)Cc1ccncc1. The number of carbonyl (C=O) groups excluding carboxylic acids is 1. The molecule has 1 amide bonds. The van der Waals surface area contributed by atoms with E-state index < -0.39 is 0 Å². The summed E-state index contributed by atoms with van der Waals surface area (Å²) in [6, 6.07) is 4.13. The zero-order chi connectivity index (χ0) is 13.9. The van der Waals surface area contributed by atoms with Gasteiger partial charge in [-0.15, -0.1) is 0 Å². The van der Waals surface area contributed by atoms with Crippen LogP contribution in [0, 0.1) is 11.3 Å². The summed E-state index contributed by atoms with van der Waals surface area (Å²) >= 11 is 0. The number of carbonyl (C=O) groups is 1. The van der Waals surface area contributed by atoms with Crippen molar-refractivity contribution >= 4 is 5.91 Å². The maximum atomic E-state index is 12.1. The number of nitrogens with one attached hydrogen (secondary N) is 1. The third-order valence-corrected chi connectivity index (χ3v) is 4.15. The molecule has 2 atom stereocenters. The van der Waals surface area contributed by atoms with Crippen LogP contribution in [-0.2, 0) is 11.2 Å². The molecule has 1 fully saturated rings. The molecule has 1 aromatic heterocycles. The predicted molar refractivity (Wildman–Crippen MR) is 76.7 cm³/mol. The predicted octanol–water partition coefficient (Wildman–Crippen LogP) is 2.96. The van der Waals surface area contributed by atoms with Gasteiger partial charge in [0, 0.05) is 18.4 Å². The second-order valence-electron chi connectivity index (χ2n) is 6.59. The molecular formula is C16H24N2O. The lowest BCUT2D eigenvalue weighted by Crippen LogP contribution is -2.44. The van der Waals surface area contributed by atoms with Crippen LogP contribution in [0.5, 0.6) is 0 Å². The van der Waals surface area contributed by atoms with E-state index in [0.717, 1.165) is 12.0 Å². The topological polar surface area (TPSA) is 42.0 Å². The molecule has 1 aliphatic rings. The van der Waals surface area contributed by atoms with Gasteiger partial charge in [0.05, 0.1) is 6.42 Å². The minimum Gasteiger partial charge on any atom is -0.353 e. The first kappa shape index (κ1) is 14.0. The number of hydrogen-bond acceptors (Lipinski definition) is 2. The van der Waals surface area contributed by atoms with Crippen molar-refractivity contribution in [2.45, 2.75) is 52.5 Å². The van der Waals surface area contributed by atoms with E-state index in [9.17, 15) is 4.79 Å². The van der Waals surface area contributed by atoms with Gasteiger partial charge >= 0.3 is 0 Å². The molecule has 1 N–H and O–H groups in total. The Kier molecular flexibility index (Phi) is 4.23. The van der Waals surface area contributed by atoms with E-state index in [0.29, 0.717) is 23.8 Å². The smallest absolute Gasteiger partial charge is 0.224 e. The van der Waals surface area contributed by atoms with Crippen LogP contribution >= 0.6 is 0 Å². The van der Waals surface area contributed by atoms with E-state index in [2.05, 4.69) is 31.1 Å². The number of aromatic nitrogens is 1. The van der Waals surface area contributed by atoms with Crippen LogP contribution in [0.25, 0.3) is 0 Å². The molecule has 104 valence electrons. The van der Waals surface area contributed by atoms with Gasteiger partial charge in [0.2, 0.25) is 5.91 Å². The van der Waals surface area contributed by atoms with E-state index in [4.69, 9.17) is 0 Å². The van der Waals surface area contributed by atoms with Crippen LogP contribution in [0.4, 0.5) is 0 Å². The lowest BCUT2D eigenvalue weighted by Gasteiger charge is -2.39. The largest absolute Gasteiger partial charge is 0.353 e. The standard InChI is InChI=1S/C16H24N2O/c1-12-11-16(2,3)7-4-14(12)18-15(19)10-13-5-8-17-9-6-13/h5-6,8-9,12,14H,4,7,10-11H2,1-3H3,(H,18,19). The second-order valence-corrected chi connectivity index (χ2v) is 6.59. The summed E-state index contributed by atoms with van der Waals surface area (Å²) in [4.78, 5) is 16.0. The average molecular weight is 260 g/mol. The summed E-state index contributed by atoms with van der Waals surface area (Å²) < 4.78 is 0. The molecule has 1 aliphatic carbocycles. The van der Waals surface area contributed by atoms with Crippen molar-refractivity contribution in [3.63, 3.8) is 0 Å². The number of pyridine rings is 1. The highest BCUT2D eigenvalue weighted by atomic mass is 16.1. The molecule has 0 radical (unpaired) electrons. The van der Waals surface area contributed by atoms with Gasteiger partial charge in [-0.05, 0) is 48.3 Å². The average Bonchev–Trinajstić information content (AvgIpc) is 2.33. The van der Waals surface area contributed by atoms with E-state index in [1.165, 1.54) is 12.8 Å². The maximum Gasteiger partial charge on any atom is 0.224 e. The van der Waals surface area contributed by atoms with Crippen molar-refractivity contribution in [1.82, 2.24) is 10.3 Å². The minimum absolute atomic E-state index is 0.128.